The lowest BCUT2D eigenvalue weighted by Gasteiger charge is -2.29. The molecule has 0 aromatic rings. The van der Waals surface area contributed by atoms with Gasteiger partial charge in [-0.3, -0.25) is 9.69 Å². The smallest absolute Gasteiger partial charge is 0.320 e. The van der Waals surface area contributed by atoms with Crippen LogP contribution in [0.2, 0.25) is 0 Å². The van der Waals surface area contributed by atoms with Crippen LogP contribution in [0.4, 0.5) is 0 Å². The summed E-state index contributed by atoms with van der Waals surface area (Å²) in [5.74, 6) is 1.02. The first kappa shape index (κ1) is 11.9. The Morgan fingerprint density at radius 2 is 2.36 bits per heavy atom. The Hall–Kier alpha value is -0.220. The van der Waals surface area contributed by atoms with E-state index in [0.717, 1.165) is 18.8 Å². The van der Waals surface area contributed by atoms with Gasteiger partial charge in [-0.05, 0) is 13.8 Å². The molecular formula is C10H19NO2S. The maximum atomic E-state index is 11.4. The van der Waals surface area contributed by atoms with Crippen molar-refractivity contribution in [1.82, 2.24) is 4.90 Å². The van der Waals surface area contributed by atoms with Gasteiger partial charge in [-0.15, -0.1) is 0 Å². The van der Waals surface area contributed by atoms with Gasteiger partial charge in [0.2, 0.25) is 0 Å². The topological polar surface area (TPSA) is 29.5 Å². The Bertz CT molecular complexity index is 197. The summed E-state index contributed by atoms with van der Waals surface area (Å²) in [7, 11) is 0. The molecule has 1 aliphatic heterocycles. The van der Waals surface area contributed by atoms with E-state index in [9.17, 15) is 4.79 Å². The molecule has 0 amide bonds. The van der Waals surface area contributed by atoms with Gasteiger partial charge in [0.1, 0.15) is 0 Å². The van der Waals surface area contributed by atoms with Crippen molar-refractivity contribution < 1.29 is 9.53 Å². The zero-order valence-electron chi connectivity index (χ0n) is 9.16. The van der Waals surface area contributed by atoms with Gasteiger partial charge in [-0.2, -0.15) is 11.8 Å². The summed E-state index contributed by atoms with van der Waals surface area (Å²) in [6.07, 6.45) is -0.000843. The van der Waals surface area contributed by atoms with Gasteiger partial charge in [-0.1, -0.05) is 6.92 Å². The lowest BCUT2D eigenvalue weighted by molar-refractivity contribution is -0.148. The molecule has 1 aliphatic rings. The van der Waals surface area contributed by atoms with Crippen LogP contribution in [-0.4, -0.2) is 47.6 Å². The number of thioether (sulfide) groups is 1. The summed E-state index contributed by atoms with van der Waals surface area (Å²) in [5, 5.41) is 0.635. The van der Waals surface area contributed by atoms with E-state index < -0.39 is 0 Å². The minimum atomic E-state index is -0.0981. The van der Waals surface area contributed by atoms with E-state index in [0.29, 0.717) is 11.8 Å². The molecule has 4 heteroatoms. The normalized spacial score (nSPS) is 23.9. The van der Waals surface area contributed by atoms with Crippen molar-refractivity contribution in [3.63, 3.8) is 0 Å². The highest BCUT2D eigenvalue weighted by atomic mass is 32.2. The SMILES string of the molecule is CC(C)OC(=O)CN1CCSC(C)C1. The molecule has 0 spiro atoms. The van der Waals surface area contributed by atoms with Crippen LogP contribution in [0.15, 0.2) is 0 Å². The van der Waals surface area contributed by atoms with Crippen molar-refractivity contribution in [2.75, 3.05) is 25.4 Å². The molecule has 1 unspecified atom stereocenters. The van der Waals surface area contributed by atoms with E-state index >= 15 is 0 Å². The van der Waals surface area contributed by atoms with Gasteiger partial charge in [0.05, 0.1) is 12.6 Å². The summed E-state index contributed by atoms with van der Waals surface area (Å²) >= 11 is 1.97. The lowest BCUT2D eigenvalue weighted by atomic mass is 10.4. The minimum Gasteiger partial charge on any atom is -0.462 e. The van der Waals surface area contributed by atoms with Gasteiger partial charge in [-0.25, -0.2) is 0 Å². The van der Waals surface area contributed by atoms with Gasteiger partial charge in [0, 0.05) is 24.1 Å². The van der Waals surface area contributed by atoms with Crippen molar-refractivity contribution in [3.05, 3.63) is 0 Å². The molecule has 0 radical (unpaired) electrons. The van der Waals surface area contributed by atoms with Crippen LogP contribution in [-0.2, 0) is 9.53 Å². The third-order valence-corrected chi connectivity index (χ3v) is 3.18. The van der Waals surface area contributed by atoms with Crippen LogP contribution in [0.5, 0.6) is 0 Å². The third-order valence-electron chi connectivity index (χ3n) is 2.05. The Morgan fingerprint density at radius 1 is 1.64 bits per heavy atom. The number of hydrogen-bond donors (Lipinski definition) is 0. The number of esters is 1. The molecule has 14 heavy (non-hydrogen) atoms. The Morgan fingerprint density at radius 3 is 2.93 bits per heavy atom. The second-order valence-corrected chi connectivity index (χ2v) is 5.50. The molecule has 0 bridgehead atoms. The first-order chi connectivity index (χ1) is 6.58. The molecule has 0 aromatic heterocycles. The van der Waals surface area contributed by atoms with Crippen molar-refractivity contribution in [2.24, 2.45) is 0 Å². The van der Waals surface area contributed by atoms with Crippen LogP contribution < -0.4 is 0 Å². The first-order valence-electron chi connectivity index (χ1n) is 5.11. The maximum Gasteiger partial charge on any atom is 0.320 e. The van der Waals surface area contributed by atoms with Crippen LogP contribution in [0.25, 0.3) is 0 Å². The fourth-order valence-electron chi connectivity index (χ4n) is 1.52. The largest absolute Gasteiger partial charge is 0.462 e. The van der Waals surface area contributed by atoms with Crippen LogP contribution in [0, 0.1) is 0 Å². The van der Waals surface area contributed by atoms with Crippen molar-refractivity contribution in [2.45, 2.75) is 32.1 Å². The van der Waals surface area contributed by atoms with Gasteiger partial charge >= 0.3 is 5.97 Å². The molecule has 3 nitrogen and oxygen atoms in total. The zero-order chi connectivity index (χ0) is 10.6. The highest BCUT2D eigenvalue weighted by Gasteiger charge is 2.19. The molecular weight excluding hydrogens is 198 g/mol. The van der Waals surface area contributed by atoms with E-state index in [4.69, 9.17) is 4.74 Å². The first-order valence-corrected chi connectivity index (χ1v) is 6.16. The second kappa shape index (κ2) is 5.61. The number of nitrogens with zero attached hydrogens (tertiary/aromatic N) is 1. The lowest BCUT2D eigenvalue weighted by Crippen LogP contribution is -2.40. The maximum absolute atomic E-state index is 11.4. The number of rotatable bonds is 3. The second-order valence-electron chi connectivity index (χ2n) is 3.96. The summed E-state index contributed by atoms with van der Waals surface area (Å²) in [4.78, 5) is 13.5. The van der Waals surface area contributed by atoms with E-state index in [1.807, 2.05) is 25.6 Å². The Balaban J connectivity index is 2.25. The minimum absolute atomic E-state index is 0.000843. The quantitative estimate of drug-likeness (QED) is 0.668. The van der Waals surface area contributed by atoms with Crippen molar-refractivity contribution in [1.29, 1.82) is 0 Å². The highest BCUT2D eigenvalue weighted by molar-refractivity contribution is 7.99. The molecule has 1 rings (SSSR count). The molecule has 1 fully saturated rings. The van der Waals surface area contributed by atoms with Gasteiger partial charge in [0.25, 0.3) is 0 Å². The van der Waals surface area contributed by atoms with Gasteiger partial charge < -0.3 is 4.74 Å². The van der Waals surface area contributed by atoms with Crippen LogP contribution in [0.1, 0.15) is 20.8 Å². The van der Waals surface area contributed by atoms with E-state index in [1.165, 1.54) is 0 Å². The molecule has 1 atom stereocenters. The Kier molecular flexibility index (Phi) is 4.75. The van der Waals surface area contributed by atoms with E-state index in [1.54, 1.807) is 0 Å². The highest BCUT2D eigenvalue weighted by Crippen LogP contribution is 2.17. The van der Waals surface area contributed by atoms with Gasteiger partial charge in [0.15, 0.2) is 0 Å². The number of ether oxygens (including phenoxy) is 1. The zero-order valence-corrected chi connectivity index (χ0v) is 9.97. The molecule has 0 aliphatic carbocycles. The monoisotopic (exact) mass is 217 g/mol. The summed E-state index contributed by atoms with van der Waals surface area (Å²) < 4.78 is 5.10. The summed E-state index contributed by atoms with van der Waals surface area (Å²) in [6.45, 7) is 8.41. The summed E-state index contributed by atoms with van der Waals surface area (Å²) in [6, 6.07) is 0. The average molecular weight is 217 g/mol. The average Bonchev–Trinajstić information content (AvgIpc) is 2.01. The van der Waals surface area contributed by atoms with Crippen LogP contribution in [0.3, 0.4) is 0 Å². The number of carbonyl (C=O) groups excluding carboxylic acids is 1. The molecule has 82 valence electrons. The third kappa shape index (κ3) is 4.33. The predicted octanol–water partition coefficient (Wildman–Crippen LogP) is 1.38. The molecule has 0 saturated carbocycles. The molecule has 1 saturated heterocycles. The Labute approximate surface area is 90.2 Å². The van der Waals surface area contributed by atoms with Crippen molar-refractivity contribution >= 4 is 17.7 Å². The fourth-order valence-corrected chi connectivity index (χ4v) is 2.60. The summed E-state index contributed by atoms with van der Waals surface area (Å²) in [5.41, 5.74) is 0. The fraction of sp³-hybridized carbons (Fsp3) is 0.900. The molecule has 0 N–H and O–H groups in total. The predicted molar refractivity (Wildman–Crippen MR) is 59.6 cm³/mol. The molecule has 0 aromatic carbocycles. The standard InChI is InChI=1S/C10H19NO2S/c1-8(2)13-10(12)7-11-4-5-14-9(3)6-11/h8-9H,4-7H2,1-3H3. The van der Waals surface area contributed by atoms with Crippen molar-refractivity contribution in [3.8, 4) is 0 Å². The van der Waals surface area contributed by atoms with Crippen LogP contribution >= 0.6 is 11.8 Å². The number of carbonyl (C=O) groups is 1. The van der Waals surface area contributed by atoms with E-state index in [-0.39, 0.29) is 12.1 Å². The molecule has 1 heterocycles. The van der Waals surface area contributed by atoms with E-state index in [2.05, 4.69) is 11.8 Å². The number of hydrogen-bond acceptors (Lipinski definition) is 4.